The van der Waals surface area contributed by atoms with E-state index in [9.17, 15) is 19.5 Å². The number of rotatable bonds is 5. The zero-order chi connectivity index (χ0) is 28.8. The Labute approximate surface area is 233 Å². The number of nitrogens with zero attached hydrogens (tertiary/aromatic N) is 2. The SMILES string of the molecule is CN1CCOc2ccc(/C(O)=C3/C(=O)C(=O)N(c4ccc(CC(=O)O)cc4)C3c3ccc(C(C)(C)C)cc3)cc21. The van der Waals surface area contributed by atoms with Gasteiger partial charge in [-0.1, -0.05) is 57.2 Å². The molecule has 0 radical (unpaired) electrons. The molecular weight excluding hydrogens is 508 g/mol. The smallest absolute Gasteiger partial charge is 0.307 e. The largest absolute Gasteiger partial charge is 0.507 e. The number of carbonyl (C=O) groups excluding carboxylic acids is 2. The third-order valence-electron chi connectivity index (χ3n) is 7.43. The van der Waals surface area contributed by atoms with Gasteiger partial charge >= 0.3 is 5.97 Å². The number of carboxylic acids is 1. The van der Waals surface area contributed by atoms with Gasteiger partial charge in [0.25, 0.3) is 11.7 Å². The predicted octanol–water partition coefficient (Wildman–Crippen LogP) is 5.07. The van der Waals surface area contributed by atoms with Crippen LogP contribution in [0.5, 0.6) is 5.75 Å². The van der Waals surface area contributed by atoms with Gasteiger partial charge in [0.05, 0.1) is 30.3 Å². The van der Waals surface area contributed by atoms with Gasteiger partial charge < -0.3 is 19.8 Å². The van der Waals surface area contributed by atoms with E-state index in [1.807, 2.05) is 36.2 Å². The minimum atomic E-state index is -0.965. The lowest BCUT2D eigenvalue weighted by Gasteiger charge is -2.28. The Morgan fingerprint density at radius 2 is 1.65 bits per heavy atom. The number of aliphatic carboxylic acids is 1. The number of ketones is 1. The maximum absolute atomic E-state index is 13.6. The van der Waals surface area contributed by atoms with Crippen molar-refractivity contribution in [2.24, 2.45) is 0 Å². The van der Waals surface area contributed by atoms with Crippen LogP contribution in [-0.2, 0) is 26.2 Å². The van der Waals surface area contributed by atoms with Gasteiger partial charge in [-0.05, 0) is 52.4 Å². The maximum atomic E-state index is 13.6. The van der Waals surface area contributed by atoms with Crippen LogP contribution in [0.25, 0.3) is 5.76 Å². The molecule has 3 aromatic rings. The number of aliphatic hydroxyl groups excluding tert-OH is 1. The third-order valence-corrected chi connectivity index (χ3v) is 7.43. The summed E-state index contributed by atoms with van der Waals surface area (Å²) < 4.78 is 5.72. The standard InChI is InChI=1S/C32H32N2O6/c1-32(2,3)22-10-7-20(8-11-22)28-27(29(37)21-9-14-25-24(18-21)33(4)15-16-40-25)30(38)31(39)34(28)23-12-5-19(6-13-23)17-26(35)36/h5-14,18,28,37H,15-17H2,1-4H3,(H,35,36)/b29-27-. The van der Waals surface area contributed by atoms with E-state index in [0.717, 1.165) is 11.3 Å². The fraction of sp³-hybridized carbons (Fsp3) is 0.281. The molecule has 2 aliphatic heterocycles. The molecule has 3 aromatic carbocycles. The van der Waals surface area contributed by atoms with E-state index in [-0.39, 0.29) is 23.2 Å². The highest BCUT2D eigenvalue weighted by molar-refractivity contribution is 6.51. The monoisotopic (exact) mass is 540 g/mol. The number of likely N-dealkylation sites (N-methyl/N-ethyl adjacent to an activating group) is 1. The second-order valence-corrected chi connectivity index (χ2v) is 11.2. The summed E-state index contributed by atoms with van der Waals surface area (Å²) in [5.41, 5.74) is 3.83. The zero-order valence-corrected chi connectivity index (χ0v) is 23.0. The van der Waals surface area contributed by atoms with Crippen LogP contribution < -0.4 is 14.5 Å². The van der Waals surface area contributed by atoms with Crippen molar-refractivity contribution in [3.8, 4) is 5.75 Å². The summed E-state index contributed by atoms with van der Waals surface area (Å²) in [6.07, 6.45) is -0.159. The van der Waals surface area contributed by atoms with E-state index in [0.29, 0.717) is 41.3 Å². The van der Waals surface area contributed by atoms with Crippen LogP contribution in [0.15, 0.2) is 72.3 Å². The molecule has 40 heavy (non-hydrogen) atoms. The molecule has 0 saturated carbocycles. The molecule has 8 nitrogen and oxygen atoms in total. The predicted molar refractivity (Wildman–Crippen MR) is 153 cm³/mol. The number of hydrogen-bond acceptors (Lipinski definition) is 6. The van der Waals surface area contributed by atoms with Gasteiger partial charge in [0.15, 0.2) is 0 Å². The van der Waals surface area contributed by atoms with Gasteiger partial charge in [0.2, 0.25) is 0 Å². The van der Waals surface area contributed by atoms with Crippen LogP contribution in [0.4, 0.5) is 11.4 Å². The first kappa shape index (κ1) is 27.0. The summed E-state index contributed by atoms with van der Waals surface area (Å²) in [5, 5.41) is 20.7. The van der Waals surface area contributed by atoms with Crippen LogP contribution in [0, 0.1) is 0 Å². The van der Waals surface area contributed by atoms with Gasteiger partial charge in [-0.25, -0.2) is 0 Å². The Bertz CT molecular complexity index is 1520. The van der Waals surface area contributed by atoms with Crippen LogP contribution in [-0.4, -0.2) is 48.1 Å². The lowest BCUT2D eigenvalue weighted by atomic mass is 9.85. The highest BCUT2D eigenvalue weighted by Crippen LogP contribution is 2.43. The molecule has 1 fully saturated rings. The van der Waals surface area contributed by atoms with Crippen molar-refractivity contribution in [1.82, 2.24) is 0 Å². The molecule has 8 heteroatoms. The van der Waals surface area contributed by atoms with Gasteiger partial charge in [-0.2, -0.15) is 0 Å². The minimum Gasteiger partial charge on any atom is -0.507 e. The van der Waals surface area contributed by atoms with E-state index in [1.54, 1.807) is 42.5 Å². The molecule has 2 aliphatic rings. The molecule has 206 valence electrons. The second kappa shape index (κ2) is 10.2. The fourth-order valence-corrected chi connectivity index (χ4v) is 5.18. The molecule has 0 aliphatic carbocycles. The molecule has 0 spiro atoms. The summed E-state index contributed by atoms with van der Waals surface area (Å²) in [7, 11) is 1.93. The Balaban J connectivity index is 1.65. The highest BCUT2D eigenvalue weighted by atomic mass is 16.5. The van der Waals surface area contributed by atoms with Crippen molar-refractivity contribution in [1.29, 1.82) is 0 Å². The van der Waals surface area contributed by atoms with Crippen molar-refractivity contribution >= 4 is 34.8 Å². The Morgan fingerprint density at radius 1 is 0.975 bits per heavy atom. The van der Waals surface area contributed by atoms with Gasteiger partial charge in [-0.3, -0.25) is 19.3 Å². The van der Waals surface area contributed by atoms with Crippen LogP contribution in [0.3, 0.4) is 0 Å². The van der Waals surface area contributed by atoms with Gasteiger partial charge in [0.1, 0.15) is 18.1 Å². The van der Waals surface area contributed by atoms with E-state index >= 15 is 0 Å². The average molecular weight is 541 g/mol. The van der Waals surface area contributed by atoms with Gasteiger partial charge in [0, 0.05) is 18.3 Å². The lowest BCUT2D eigenvalue weighted by molar-refractivity contribution is -0.136. The Kier molecular flexibility index (Phi) is 6.87. The minimum absolute atomic E-state index is 0.0116. The first-order chi connectivity index (χ1) is 19.0. The third kappa shape index (κ3) is 4.93. The van der Waals surface area contributed by atoms with E-state index < -0.39 is 23.7 Å². The summed E-state index contributed by atoms with van der Waals surface area (Å²) in [6.45, 7) is 7.53. The van der Waals surface area contributed by atoms with Crippen molar-refractivity contribution in [3.05, 3.63) is 94.6 Å². The average Bonchev–Trinajstić information content (AvgIpc) is 3.18. The second-order valence-electron chi connectivity index (χ2n) is 11.2. The zero-order valence-electron chi connectivity index (χ0n) is 23.0. The van der Waals surface area contributed by atoms with Gasteiger partial charge in [-0.15, -0.1) is 0 Å². The first-order valence-electron chi connectivity index (χ1n) is 13.2. The number of fused-ring (bicyclic) bond motifs is 1. The molecular formula is C32H32N2O6. The van der Waals surface area contributed by atoms with Crippen LogP contribution in [0.2, 0.25) is 0 Å². The molecule has 1 saturated heterocycles. The highest BCUT2D eigenvalue weighted by Gasteiger charge is 2.47. The van der Waals surface area contributed by atoms with E-state index in [2.05, 4.69) is 20.8 Å². The van der Waals surface area contributed by atoms with E-state index in [1.165, 1.54) is 4.90 Å². The number of Topliss-reactive ketones (excluding diaryl/α,β-unsaturated/α-hetero) is 1. The van der Waals surface area contributed by atoms with Crippen molar-refractivity contribution in [3.63, 3.8) is 0 Å². The quantitative estimate of drug-likeness (QED) is 0.264. The summed E-state index contributed by atoms with van der Waals surface area (Å²) >= 11 is 0. The Hall–Kier alpha value is -4.59. The molecule has 1 unspecified atom stereocenters. The molecule has 0 aromatic heterocycles. The summed E-state index contributed by atoms with van der Waals surface area (Å²) in [6, 6.07) is 18.5. The number of ether oxygens (including phenoxy) is 1. The maximum Gasteiger partial charge on any atom is 0.307 e. The number of carbonyl (C=O) groups is 3. The fourth-order valence-electron chi connectivity index (χ4n) is 5.18. The van der Waals surface area contributed by atoms with Crippen molar-refractivity contribution < 1.29 is 29.3 Å². The number of benzene rings is 3. The first-order valence-corrected chi connectivity index (χ1v) is 13.2. The molecule has 1 atom stereocenters. The summed E-state index contributed by atoms with van der Waals surface area (Å²) in [5.74, 6) is -2.11. The topological polar surface area (TPSA) is 107 Å². The normalized spacial score (nSPS) is 18.4. The van der Waals surface area contributed by atoms with Crippen LogP contribution in [0.1, 0.15) is 49.1 Å². The molecule has 2 heterocycles. The van der Waals surface area contributed by atoms with Crippen molar-refractivity contribution in [2.45, 2.75) is 38.6 Å². The van der Waals surface area contributed by atoms with Crippen molar-refractivity contribution in [2.75, 3.05) is 30.0 Å². The molecule has 2 N–H and O–H groups in total. The summed E-state index contributed by atoms with van der Waals surface area (Å²) in [4.78, 5) is 41.6. The van der Waals surface area contributed by atoms with Crippen LogP contribution >= 0.6 is 0 Å². The lowest BCUT2D eigenvalue weighted by Crippen LogP contribution is -2.29. The number of amides is 1. The number of carboxylic acid groups (broad SMARTS) is 1. The number of aliphatic hydroxyl groups is 1. The Morgan fingerprint density at radius 3 is 2.27 bits per heavy atom. The number of anilines is 2. The molecule has 5 rings (SSSR count). The molecule has 1 amide bonds. The molecule has 0 bridgehead atoms. The van der Waals surface area contributed by atoms with E-state index in [4.69, 9.17) is 9.84 Å². The number of hydrogen-bond donors (Lipinski definition) is 2.